The molecule has 0 fully saturated rings. The van der Waals surface area contributed by atoms with Crippen LogP contribution in [0.2, 0.25) is 0 Å². The molecule has 1 rings (SSSR count). The Kier molecular flexibility index (Phi) is 4.94. The largest absolute Gasteiger partial charge is 0.375 e. The lowest BCUT2D eigenvalue weighted by Crippen LogP contribution is -2.05. The number of hydrogen-bond donors (Lipinski definition) is 0. The fourth-order valence-electron chi connectivity index (χ4n) is 1.20. The van der Waals surface area contributed by atoms with E-state index in [0.29, 0.717) is 12.5 Å². The van der Waals surface area contributed by atoms with Crippen LogP contribution in [0.4, 0.5) is 0 Å². The lowest BCUT2D eigenvalue weighted by molar-refractivity contribution is 0.0907. The summed E-state index contributed by atoms with van der Waals surface area (Å²) in [5.74, 6) is 0.538. The van der Waals surface area contributed by atoms with Crippen molar-refractivity contribution in [2.75, 3.05) is 6.61 Å². The highest BCUT2D eigenvalue weighted by molar-refractivity contribution is 5.01. The van der Waals surface area contributed by atoms with E-state index in [2.05, 4.69) is 18.5 Å². The quantitative estimate of drug-likeness (QED) is 0.645. The Balaban J connectivity index is 2.18. The summed E-state index contributed by atoms with van der Waals surface area (Å²) >= 11 is 0. The third kappa shape index (κ3) is 4.19. The molecule has 1 heterocycles. The van der Waals surface area contributed by atoms with E-state index in [-0.39, 0.29) is 0 Å². The van der Waals surface area contributed by atoms with Crippen LogP contribution in [0.25, 0.3) is 0 Å². The van der Waals surface area contributed by atoms with Gasteiger partial charge in [0.1, 0.15) is 0 Å². The summed E-state index contributed by atoms with van der Waals surface area (Å²) in [5, 5.41) is 0. The van der Waals surface area contributed by atoms with E-state index in [1.807, 2.05) is 24.3 Å². The van der Waals surface area contributed by atoms with Crippen LogP contribution in [0.1, 0.15) is 19.0 Å². The van der Waals surface area contributed by atoms with E-state index in [9.17, 15) is 0 Å². The molecule has 0 saturated heterocycles. The first kappa shape index (κ1) is 10.9. The Hall–Kier alpha value is -1.15. The minimum absolute atomic E-state index is 0.538. The fourth-order valence-corrected chi connectivity index (χ4v) is 1.20. The van der Waals surface area contributed by atoms with Crippen molar-refractivity contribution in [3.05, 3.63) is 42.7 Å². The normalized spacial score (nSPS) is 12.4. The van der Waals surface area contributed by atoms with E-state index in [0.717, 1.165) is 18.7 Å². The molecule has 0 aliphatic rings. The molecule has 2 nitrogen and oxygen atoms in total. The monoisotopic (exact) mass is 191 g/mol. The Labute approximate surface area is 85.6 Å². The first-order valence-corrected chi connectivity index (χ1v) is 4.91. The van der Waals surface area contributed by atoms with E-state index in [1.165, 1.54) is 0 Å². The highest BCUT2D eigenvalue weighted by atomic mass is 16.5. The summed E-state index contributed by atoms with van der Waals surface area (Å²) in [7, 11) is 0. The number of rotatable bonds is 6. The van der Waals surface area contributed by atoms with E-state index < -0.39 is 0 Å². The Morgan fingerprint density at radius 3 is 3.07 bits per heavy atom. The van der Waals surface area contributed by atoms with Gasteiger partial charge in [0.15, 0.2) is 0 Å². The maximum atomic E-state index is 5.52. The van der Waals surface area contributed by atoms with Gasteiger partial charge in [-0.05, 0) is 24.5 Å². The van der Waals surface area contributed by atoms with Crippen molar-refractivity contribution in [1.29, 1.82) is 0 Å². The molecule has 0 aliphatic heterocycles. The van der Waals surface area contributed by atoms with Gasteiger partial charge in [0.25, 0.3) is 0 Å². The van der Waals surface area contributed by atoms with Gasteiger partial charge in [-0.25, -0.2) is 0 Å². The Morgan fingerprint density at radius 2 is 2.43 bits per heavy atom. The molecule has 14 heavy (non-hydrogen) atoms. The zero-order valence-electron chi connectivity index (χ0n) is 8.65. The smallest absolute Gasteiger partial charge is 0.0887 e. The zero-order valence-corrected chi connectivity index (χ0v) is 8.65. The van der Waals surface area contributed by atoms with Gasteiger partial charge in [-0.3, -0.25) is 4.98 Å². The molecule has 0 aliphatic carbocycles. The van der Waals surface area contributed by atoms with E-state index in [4.69, 9.17) is 4.74 Å². The predicted octanol–water partition coefficient (Wildman–Crippen LogP) is 2.81. The molecule has 2 heteroatoms. The van der Waals surface area contributed by atoms with Gasteiger partial charge in [0.05, 0.1) is 12.3 Å². The van der Waals surface area contributed by atoms with Gasteiger partial charge in [-0.15, -0.1) is 6.58 Å². The summed E-state index contributed by atoms with van der Waals surface area (Å²) in [6.45, 7) is 7.22. The van der Waals surface area contributed by atoms with Crippen molar-refractivity contribution in [2.45, 2.75) is 20.0 Å². The van der Waals surface area contributed by atoms with Crippen LogP contribution in [-0.2, 0) is 11.3 Å². The standard InChI is InChI=1S/C12H17NO/c1-3-6-11(2)9-14-10-12-7-4-5-8-13-12/h3-5,7-8,11H,1,6,9-10H2,2H3. The lowest BCUT2D eigenvalue weighted by atomic mass is 10.1. The Bertz CT molecular complexity index is 258. The molecular weight excluding hydrogens is 174 g/mol. The SMILES string of the molecule is C=CCC(C)COCc1ccccn1. The van der Waals surface area contributed by atoms with Crippen molar-refractivity contribution in [3.8, 4) is 0 Å². The van der Waals surface area contributed by atoms with Gasteiger partial charge in [0, 0.05) is 12.8 Å². The van der Waals surface area contributed by atoms with Crippen molar-refractivity contribution < 1.29 is 4.74 Å². The molecule has 0 spiro atoms. The maximum Gasteiger partial charge on any atom is 0.0887 e. The molecule has 76 valence electrons. The maximum absolute atomic E-state index is 5.52. The molecular formula is C12H17NO. The number of nitrogens with zero attached hydrogens (tertiary/aromatic N) is 1. The van der Waals surface area contributed by atoms with Gasteiger partial charge in [-0.1, -0.05) is 19.1 Å². The topological polar surface area (TPSA) is 22.1 Å². The summed E-state index contributed by atoms with van der Waals surface area (Å²) in [4.78, 5) is 4.18. The lowest BCUT2D eigenvalue weighted by Gasteiger charge is -2.08. The second-order valence-electron chi connectivity index (χ2n) is 3.47. The van der Waals surface area contributed by atoms with Gasteiger partial charge < -0.3 is 4.74 Å². The second-order valence-corrected chi connectivity index (χ2v) is 3.47. The summed E-state index contributed by atoms with van der Waals surface area (Å²) in [6.07, 6.45) is 4.71. The average Bonchev–Trinajstić information content (AvgIpc) is 2.20. The number of hydrogen-bond acceptors (Lipinski definition) is 2. The number of pyridine rings is 1. The number of allylic oxidation sites excluding steroid dienone is 1. The van der Waals surface area contributed by atoms with Crippen LogP contribution in [0, 0.1) is 5.92 Å². The van der Waals surface area contributed by atoms with Crippen molar-refractivity contribution in [1.82, 2.24) is 4.98 Å². The average molecular weight is 191 g/mol. The van der Waals surface area contributed by atoms with E-state index >= 15 is 0 Å². The summed E-state index contributed by atoms with van der Waals surface area (Å²) < 4.78 is 5.52. The minimum Gasteiger partial charge on any atom is -0.375 e. The molecule has 0 amide bonds. The van der Waals surface area contributed by atoms with Crippen LogP contribution < -0.4 is 0 Å². The Morgan fingerprint density at radius 1 is 1.57 bits per heavy atom. The number of ether oxygens (including phenoxy) is 1. The summed E-state index contributed by atoms with van der Waals surface area (Å²) in [5.41, 5.74) is 0.985. The molecule has 0 N–H and O–H groups in total. The van der Waals surface area contributed by atoms with E-state index in [1.54, 1.807) is 6.20 Å². The van der Waals surface area contributed by atoms with Crippen LogP contribution in [0.3, 0.4) is 0 Å². The van der Waals surface area contributed by atoms with Crippen molar-refractivity contribution in [2.24, 2.45) is 5.92 Å². The third-order valence-electron chi connectivity index (χ3n) is 1.95. The molecule has 0 aromatic carbocycles. The molecule has 1 atom stereocenters. The van der Waals surface area contributed by atoms with Gasteiger partial charge in [0.2, 0.25) is 0 Å². The number of aromatic nitrogens is 1. The molecule has 1 aromatic heterocycles. The van der Waals surface area contributed by atoms with Crippen LogP contribution in [0.15, 0.2) is 37.1 Å². The second kappa shape index (κ2) is 6.33. The molecule has 1 aromatic rings. The third-order valence-corrected chi connectivity index (χ3v) is 1.95. The molecule has 0 saturated carbocycles. The van der Waals surface area contributed by atoms with Crippen LogP contribution >= 0.6 is 0 Å². The van der Waals surface area contributed by atoms with Crippen molar-refractivity contribution >= 4 is 0 Å². The molecule has 0 bridgehead atoms. The fraction of sp³-hybridized carbons (Fsp3) is 0.417. The van der Waals surface area contributed by atoms with Crippen LogP contribution in [0.5, 0.6) is 0 Å². The first-order chi connectivity index (χ1) is 6.83. The highest BCUT2D eigenvalue weighted by Gasteiger charge is 1.99. The zero-order chi connectivity index (χ0) is 10.2. The summed E-state index contributed by atoms with van der Waals surface area (Å²) in [6, 6.07) is 5.85. The minimum atomic E-state index is 0.538. The van der Waals surface area contributed by atoms with Crippen molar-refractivity contribution in [3.63, 3.8) is 0 Å². The van der Waals surface area contributed by atoms with Gasteiger partial charge >= 0.3 is 0 Å². The molecule has 1 unspecified atom stereocenters. The van der Waals surface area contributed by atoms with Gasteiger partial charge in [-0.2, -0.15) is 0 Å². The predicted molar refractivity (Wildman–Crippen MR) is 57.9 cm³/mol. The first-order valence-electron chi connectivity index (χ1n) is 4.91. The highest BCUT2D eigenvalue weighted by Crippen LogP contribution is 2.04. The molecule has 0 radical (unpaired) electrons. The van der Waals surface area contributed by atoms with Crippen LogP contribution in [-0.4, -0.2) is 11.6 Å².